The van der Waals surface area contributed by atoms with E-state index in [4.69, 9.17) is 11.6 Å². The van der Waals surface area contributed by atoms with Gasteiger partial charge in [-0.2, -0.15) is 0 Å². The minimum absolute atomic E-state index is 0.390. The normalized spacial score (nSPS) is 13.1. The summed E-state index contributed by atoms with van der Waals surface area (Å²) in [6.45, 7) is 4.33. The van der Waals surface area contributed by atoms with Crippen molar-refractivity contribution in [2.75, 3.05) is 0 Å². The molecule has 1 nitrogen and oxygen atoms in total. The van der Waals surface area contributed by atoms with Crippen LogP contribution in [0.15, 0.2) is 22.7 Å². The summed E-state index contributed by atoms with van der Waals surface area (Å²) in [6.07, 6.45) is 2.66. The van der Waals surface area contributed by atoms with Crippen molar-refractivity contribution in [2.45, 2.75) is 39.2 Å². The first kappa shape index (κ1) is 14.0. The van der Waals surface area contributed by atoms with Gasteiger partial charge in [-0.25, -0.2) is 0 Å². The Kier molecular flexibility index (Phi) is 5.81. The van der Waals surface area contributed by atoms with E-state index in [1.54, 1.807) is 0 Å². The zero-order chi connectivity index (χ0) is 12.1. The fourth-order valence-corrected chi connectivity index (χ4v) is 2.31. The highest BCUT2D eigenvalue weighted by molar-refractivity contribution is 9.10. The highest BCUT2D eigenvalue weighted by Crippen LogP contribution is 2.30. The van der Waals surface area contributed by atoms with Gasteiger partial charge in [-0.3, -0.25) is 0 Å². The van der Waals surface area contributed by atoms with Crippen molar-refractivity contribution in [3.63, 3.8) is 0 Å². The van der Waals surface area contributed by atoms with E-state index in [2.05, 4.69) is 29.8 Å². The maximum Gasteiger partial charge on any atom is 0.0793 e. The summed E-state index contributed by atoms with van der Waals surface area (Å²) in [5, 5.41) is 10.8. The monoisotopic (exact) mass is 304 g/mol. The molecular formula is C13H18BrClO. The number of hydrogen-bond donors (Lipinski definition) is 1. The van der Waals surface area contributed by atoms with Crippen LogP contribution in [0.25, 0.3) is 0 Å². The molecule has 0 aliphatic carbocycles. The third-order valence-corrected chi connectivity index (χ3v) is 4.25. The summed E-state index contributed by atoms with van der Waals surface area (Å²) in [6, 6.07) is 5.60. The van der Waals surface area contributed by atoms with Crippen LogP contribution in [0.1, 0.15) is 44.8 Å². The summed E-state index contributed by atoms with van der Waals surface area (Å²) in [7, 11) is 0. The average molecular weight is 306 g/mol. The lowest BCUT2D eigenvalue weighted by molar-refractivity contribution is 0.141. The molecule has 1 N–H and O–H groups in total. The summed E-state index contributed by atoms with van der Waals surface area (Å²) >= 11 is 9.29. The van der Waals surface area contributed by atoms with Crippen molar-refractivity contribution >= 4 is 27.5 Å². The Morgan fingerprint density at radius 1 is 1.31 bits per heavy atom. The fourth-order valence-electron chi connectivity index (χ4n) is 1.79. The lowest BCUT2D eigenvalue weighted by atomic mass is 9.93. The van der Waals surface area contributed by atoms with Gasteiger partial charge in [0.15, 0.2) is 0 Å². The van der Waals surface area contributed by atoms with Crippen LogP contribution in [0.5, 0.6) is 0 Å². The Morgan fingerprint density at radius 2 is 1.94 bits per heavy atom. The van der Waals surface area contributed by atoms with Gasteiger partial charge in [-0.05, 0) is 46.0 Å². The number of hydrogen-bond acceptors (Lipinski definition) is 1. The van der Waals surface area contributed by atoms with Gasteiger partial charge < -0.3 is 5.11 Å². The molecule has 0 amide bonds. The molecule has 0 fully saturated rings. The number of aliphatic hydroxyl groups excluding tert-OH is 1. The van der Waals surface area contributed by atoms with Crippen LogP contribution in [-0.2, 0) is 0 Å². The highest BCUT2D eigenvalue weighted by Gasteiger charge is 2.14. The van der Waals surface area contributed by atoms with Crippen LogP contribution in [0.2, 0.25) is 5.02 Å². The SMILES string of the molecule is CCC(CC)CC(O)c1ccc(Cl)c(Br)c1. The van der Waals surface area contributed by atoms with Gasteiger partial charge >= 0.3 is 0 Å². The van der Waals surface area contributed by atoms with E-state index in [1.165, 1.54) is 0 Å². The third-order valence-electron chi connectivity index (χ3n) is 3.04. The Bertz CT molecular complexity index is 337. The molecule has 0 radical (unpaired) electrons. The van der Waals surface area contributed by atoms with Gasteiger partial charge in [0.2, 0.25) is 0 Å². The van der Waals surface area contributed by atoms with E-state index < -0.39 is 6.10 Å². The van der Waals surface area contributed by atoms with Gasteiger partial charge in [0.25, 0.3) is 0 Å². The molecular weight excluding hydrogens is 287 g/mol. The largest absolute Gasteiger partial charge is 0.388 e. The molecule has 1 atom stereocenters. The Labute approximate surface area is 111 Å². The van der Waals surface area contributed by atoms with E-state index in [9.17, 15) is 5.11 Å². The molecule has 0 saturated heterocycles. The van der Waals surface area contributed by atoms with E-state index in [0.717, 1.165) is 29.3 Å². The minimum atomic E-state index is -0.390. The summed E-state index contributed by atoms with van der Waals surface area (Å²) in [4.78, 5) is 0. The van der Waals surface area contributed by atoms with E-state index in [-0.39, 0.29) is 0 Å². The number of rotatable bonds is 5. The molecule has 0 aliphatic heterocycles. The molecule has 16 heavy (non-hydrogen) atoms. The smallest absolute Gasteiger partial charge is 0.0793 e. The van der Waals surface area contributed by atoms with Crippen LogP contribution >= 0.6 is 27.5 Å². The second kappa shape index (κ2) is 6.63. The minimum Gasteiger partial charge on any atom is -0.388 e. The molecule has 1 rings (SSSR count). The standard InChI is InChI=1S/C13H18BrClO/c1-3-9(4-2)7-13(16)10-5-6-12(15)11(14)8-10/h5-6,8-9,13,16H,3-4,7H2,1-2H3. The highest BCUT2D eigenvalue weighted by atomic mass is 79.9. The van der Waals surface area contributed by atoms with Crippen molar-refractivity contribution in [2.24, 2.45) is 5.92 Å². The van der Waals surface area contributed by atoms with Gasteiger partial charge in [0, 0.05) is 4.47 Å². The van der Waals surface area contributed by atoms with E-state index in [1.807, 2.05) is 18.2 Å². The van der Waals surface area contributed by atoms with Crippen LogP contribution in [0, 0.1) is 5.92 Å². The first-order valence-electron chi connectivity index (χ1n) is 5.71. The quantitative estimate of drug-likeness (QED) is 0.815. The predicted octanol–water partition coefficient (Wildman–Crippen LogP) is 4.96. The maximum absolute atomic E-state index is 10.1. The second-order valence-electron chi connectivity index (χ2n) is 4.11. The van der Waals surface area contributed by atoms with Crippen molar-refractivity contribution in [3.05, 3.63) is 33.3 Å². The molecule has 1 aromatic carbocycles. The molecule has 0 saturated carbocycles. The molecule has 0 aliphatic rings. The van der Waals surface area contributed by atoms with E-state index >= 15 is 0 Å². The Morgan fingerprint density at radius 3 is 2.44 bits per heavy atom. The molecule has 0 spiro atoms. The Hall–Kier alpha value is -0.0500. The number of benzene rings is 1. The van der Waals surface area contributed by atoms with Crippen molar-refractivity contribution in [1.29, 1.82) is 0 Å². The molecule has 0 heterocycles. The molecule has 90 valence electrons. The number of halogens is 2. The van der Waals surface area contributed by atoms with Crippen LogP contribution < -0.4 is 0 Å². The molecule has 0 bridgehead atoms. The third kappa shape index (κ3) is 3.76. The zero-order valence-electron chi connectivity index (χ0n) is 9.71. The first-order chi connectivity index (χ1) is 7.58. The summed E-state index contributed by atoms with van der Waals surface area (Å²) in [5.74, 6) is 0.587. The maximum atomic E-state index is 10.1. The lowest BCUT2D eigenvalue weighted by Crippen LogP contribution is -2.06. The van der Waals surface area contributed by atoms with E-state index in [0.29, 0.717) is 10.9 Å². The van der Waals surface area contributed by atoms with Crippen LogP contribution in [0.4, 0.5) is 0 Å². The first-order valence-corrected chi connectivity index (χ1v) is 6.88. The van der Waals surface area contributed by atoms with Crippen molar-refractivity contribution < 1.29 is 5.11 Å². The second-order valence-corrected chi connectivity index (χ2v) is 5.37. The van der Waals surface area contributed by atoms with Crippen LogP contribution in [0.3, 0.4) is 0 Å². The van der Waals surface area contributed by atoms with Gasteiger partial charge in [0.1, 0.15) is 0 Å². The molecule has 1 aromatic rings. The predicted molar refractivity (Wildman–Crippen MR) is 72.8 cm³/mol. The zero-order valence-corrected chi connectivity index (χ0v) is 12.1. The molecule has 3 heteroatoms. The molecule has 0 aromatic heterocycles. The molecule has 1 unspecified atom stereocenters. The number of aliphatic hydroxyl groups is 1. The topological polar surface area (TPSA) is 20.2 Å². The van der Waals surface area contributed by atoms with Gasteiger partial charge in [-0.1, -0.05) is 44.4 Å². The van der Waals surface area contributed by atoms with Crippen molar-refractivity contribution in [3.8, 4) is 0 Å². The fraction of sp³-hybridized carbons (Fsp3) is 0.538. The van der Waals surface area contributed by atoms with Gasteiger partial charge in [-0.15, -0.1) is 0 Å². The Balaban J connectivity index is 2.72. The summed E-state index contributed by atoms with van der Waals surface area (Å²) < 4.78 is 0.843. The van der Waals surface area contributed by atoms with Gasteiger partial charge in [0.05, 0.1) is 11.1 Å². The van der Waals surface area contributed by atoms with Crippen molar-refractivity contribution in [1.82, 2.24) is 0 Å². The average Bonchev–Trinajstić information content (AvgIpc) is 2.29. The lowest BCUT2D eigenvalue weighted by Gasteiger charge is -2.18. The van der Waals surface area contributed by atoms with Crippen LogP contribution in [-0.4, -0.2) is 5.11 Å². The summed E-state index contributed by atoms with van der Waals surface area (Å²) in [5.41, 5.74) is 0.933.